The standard InChI is InChI=1S/C17H27F2N3O3/c18-17(19)10-22(11-17)13-6-8-21(9-7-13)15(23)14(25-16(20)24)12-4-2-1-3-5-12/h12-14H,1-11H2,(H2,20,24). The Kier molecular flexibility index (Phi) is 5.46. The van der Waals surface area contributed by atoms with Crippen LogP contribution in [0, 0.1) is 5.92 Å². The number of hydrogen-bond donors (Lipinski definition) is 1. The number of nitrogens with zero attached hydrogens (tertiary/aromatic N) is 2. The van der Waals surface area contributed by atoms with Gasteiger partial charge >= 0.3 is 6.09 Å². The Labute approximate surface area is 146 Å². The number of carbonyl (C=O) groups excluding carboxylic acids is 2. The van der Waals surface area contributed by atoms with Gasteiger partial charge in [0.15, 0.2) is 6.10 Å². The van der Waals surface area contributed by atoms with Gasteiger partial charge in [0.1, 0.15) is 0 Å². The first-order valence-electron chi connectivity index (χ1n) is 9.22. The molecule has 3 rings (SSSR count). The summed E-state index contributed by atoms with van der Waals surface area (Å²) in [5.41, 5.74) is 5.17. The van der Waals surface area contributed by atoms with Gasteiger partial charge in [-0.25, -0.2) is 13.6 Å². The third-order valence-corrected chi connectivity index (χ3v) is 5.73. The maximum atomic E-state index is 13.0. The number of primary amides is 1. The van der Waals surface area contributed by atoms with Crippen LogP contribution in [0.5, 0.6) is 0 Å². The zero-order valence-electron chi connectivity index (χ0n) is 14.5. The number of amides is 2. The fourth-order valence-electron chi connectivity index (χ4n) is 4.35. The summed E-state index contributed by atoms with van der Waals surface area (Å²) in [5.74, 6) is -2.72. The first-order valence-corrected chi connectivity index (χ1v) is 9.22. The number of carbonyl (C=O) groups is 2. The smallest absolute Gasteiger partial charge is 0.405 e. The van der Waals surface area contributed by atoms with Gasteiger partial charge in [0.2, 0.25) is 0 Å². The fraction of sp³-hybridized carbons (Fsp3) is 0.882. The Morgan fingerprint density at radius 2 is 1.64 bits per heavy atom. The second-order valence-corrected chi connectivity index (χ2v) is 7.57. The second-order valence-electron chi connectivity index (χ2n) is 7.57. The van der Waals surface area contributed by atoms with Gasteiger partial charge in [0, 0.05) is 25.0 Å². The Bertz CT molecular complexity index is 495. The Morgan fingerprint density at radius 1 is 1.04 bits per heavy atom. The first-order chi connectivity index (χ1) is 11.9. The minimum Gasteiger partial charge on any atom is -0.436 e. The number of piperidine rings is 1. The average molecular weight is 359 g/mol. The van der Waals surface area contributed by atoms with E-state index in [4.69, 9.17) is 10.5 Å². The van der Waals surface area contributed by atoms with Crippen molar-refractivity contribution >= 4 is 12.0 Å². The second kappa shape index (κ2) is 7.43. The van der Waals surface area contributed by atoms with E-state index in [1.165, 1.54) is 0 Å². The summed E-state index contributed by atoms with van der Waals surface area (Å²) in [6.45, 7) is 0.663. The molecule has 1 saturated carbocycles. The number of likely N-dealkylation sites (tertiary alicyclic amines) is 2. The van der Waals surface area contributed by atoms with E-state index in [9.17, 15) is 18.4 Å². The molecule has 3 aliphatic rings. The van der Waals surface area contributed by atoms with E-state index >= 15 is 0 Å². The fourth-order valence-corrected chi connectivity index (χ4v) is 4.35. The molecule has 0 spiro atoms. The van der Waals surface area contributed by atoms with Gasteiger partial charge in [-0.3, -0.25) is 9.69 Å². The Balaban J connectivity index is 1.54. The van der Waals surface area contributed by atoms with E-state index in [0.717, 1.165) is 32.1 Å². The van der Waals surface area contributed by atoms with Crippen molar-refractivity contribution in [3.63, 3.8) is 0 Å². The molecule has 1 unspecified atom stereocenters. The van der Waals surface area contributed by atoms with Gasteiger partial charge in [0.25, 0.3) is 11.8 Å². The van der Waals surface area contributed by atoms with Gasteiger partial charge in [-0.2, -0.15) is 0 Å². The summed E-state index contributed by atoms with van der Waals surface area (Å²) in [6, 6.07) is 0.105. The van der Waals surface area contributed by atoms with Crippen LogP contribution in [0.1, 0.15) is 44.9 Å². The third kappa shape index (κ3) is 4.40. The average Bonchev–Trinajstić information content (AvgIpc) is 2.58. The molecular formula is C17H27F2N3O3. The lowest BCUT2D eigenvalue weighted by Crippen LogP contribution is -2.62. The van der Waals surface area contributed by atoms with Crippen molar-refractivity contribution in [1.82, 2.24) is 9.80 Å². The summed E-state index contributed by atoms with van der Waals surface area (Å²) in [6.07, 6.45) is 4.56. The number of hydrogen-bond acceptors (Lipinski definition) is 4. The maximum Gasteiger partial charge on any atom is 0.405 e. The lowest BCUT2D eigenvalue weighted by atomic mass is 9.84. The molecule has 25 heavy (non-hydrogen) atoms. The summed E-state index contributed by atoms with van der Waals surface area (Å²) in [5, 5.41) is 0. The Morgan fingerprint density at radius 3 is 2.16 bits per heavy atom. The summed E-state index contributed by atoms with van der Waals surface area (Å²) in [4.78, 5) is 27.6. The highest BCUT2D eigenvalue weighted by Gasteiger charge is 2.47. The molecule has 2 heterocycles. The van der Waals surface area contributed by atoms with E-state index < -0.39 is 18.1 Å². The van der Waals surface area contributed by atoms with Gasteiger partial charge in [-0.15, -0.1) is 0 Å². The summed E-state index contributed by atoms with van der Waals surface area (Å²) < 4.78 is 31.2. The lowest BCUT2D eigenvalue weighted by Gasteiger charge is -2.47. The van der Waals surface area contributed by atoms with Crippen LogP contribution in [-0.4, -0.2) is 66.0 Å². The molecule has 0 bridgehead atoms. The van der Waals surface area contributed by atoms with Crippen molar-refractivity contribution in [3.8, 4) is 0 Å². The van der Waals surface area contributed by atoms with Crippen molar-refractivity contribution in [1.29, 1.82) is 0 Å². The molecule has 142 valence electrons. The molecule has 0 aromatic heterocycles. The van der Waals surface area contributed by atoms with Gasteiger partial charge < -0.3 is 15.4 Å². The molecule has 0 aromatic rings. The van der Waals surface area contributed by atoms with Crippen molar-refractivity contribution in [2.45, 2.75) is 63.0 Å². The summed E-state index contributed by atoms with van der Waals surface area (Å²) in [7, 11) is 0. The topological polar surface area (TPSA) is 75.9 Å². The zero-order chi connectivity index (χ0) is 18.0. The van der Waals surface area contributed by atoms with E-state index in [1.807, 2.05) is 0 Å². The quantitative estimate of drug-likeness (QED) is 0.833. The minimum atomic E-state index is -2.56. The third-order valence-electron chi connectivity index (χ3n) is 5.73. The summed E-state index contributed by atoms with van der Waals surface area (Å²) >= 11 is 0. The highest BCUT2D eigenvalue weighted by Crippen LogP contribution is 2.33. The lowest BCUT2D eigenvalue weighted by molar-refractivity contribution is -0.158. The van der Waals surface area contributed by atoms with Crippen LogP contribution in [0.4, 0.5) is 13.6 Å². The molecule has 3 fully saturated rings. The predicted octanol–water partition coefficient (Wildman–Crippen LogP) is 1.97. The van der Waals surface area contributed by atoms with Crippen LogP contribution in [0.3, 0.4) is 0 Å². The molecule has 2 saturated heterocycles. The van der Waals surface area contributed by atoms with Crippen LogP contribution in [0.25, 0.3) is 0 Å². The van der Waals surface area contributed by atoms with Crippen LogP contribution >= 0.6 is 0 Å². The molecule has 1 aliphatic carbocycles. The largest absolute Gasteiger partial charge is 0.436 e. The highest BCUT2D eigenvalue weighted by atomic mass is 19.3. The predicted molar refractivity (Wildman–Crippen MR) is 87.2 cm³/mol. The highest BCUT2D eigenvalue weighted by molar-refractivity contribution is 5.83. The zero-order valence-corrected chi connectivity index (χ0v) is 14.5. The Hall–Kier alpha value is -1.44. The van der Waals surface area contributed by atoms with Crippen molar-refractivity contribution < 1.29 is 23.1 Å². The number of rotatable bonds is 4. The number of halogens is 2. The van der Waals surface area contributed by atoms with E-state index in [1.54, 1.807) is 9.80 Å². The van der Waals surface area contributed by atoms with E-state index in [2.05, 4.69) is 0 Å². The molecule has 2 amide bonds. The SMILES string of the molecule is NC(=O)OC(C(=O)N1CCC(N2CC(F)(F)C2)CC1)C1CCCCC1. The van der Waals surface area contributed by atoms with Gasteiger partial charge in [-0.05, 0) is 25.7 Å². The normalized spacial score (nSPS) is 26.7. The van der Waals surface area contributed by atoms with E-state index in [-0.39, 0.29) is 31.0 Å². The van der Waals surface area contributed by atoms with E-state index in [0.29, 0.717) is 25.9 Å². The molecule has 0 aromatic carbocycles. The molecule has 1 atom stereocenters. The van der Waals surface area contributed by atoms with Gasteiger partial charge in [0.05, 0.1) is 13.1 Å². The van der Waals surface area contributed by atoms with Crippen molar-refractivity contribution in [3.05, 3.63) is 0 Å². The van der Waals surface area contributed by atoms with Crippen LogP contribution in [0.15, 0.2) is 0 Å². The maximum absolute atomic E-state index is 13.0. The molecule has 0 radical (unpaired) electrons. The van der Waals surface area contributed by atoms with Crippen LogP contribution in [-0.2, 0) is 9.53 Å². The minimum absolute atomic E-state index is 0.0283. The van der Waals surface area contributed by atoms with Crippen LogP contribution in [0.2, 0.25) is 0 Å². The molecule has 2 aliphatic heterocycles. The monoisotopic (exact) mass is 359 g/mol. The molecule has 8 heteroatoms. The first kappa shape index (κ1) is 18.4. The van der Waals surface area contributed by atoms with Crippen molar-refractivity contribution in [2.24, 2.45) is 11.7 Å². The van der Waals surface area contributed by atoms with Crippen molar-refractivity contribution in [2.75, 3.05) is 26.2 Å². The van der Waals surface area contributed by atoms with Crippen LogP contribution < -0.4 is 5.73 Å². The number of ether oxygens (including phenoxy) is 1. The molecular weight excluding hydrogens is 332 g/mol. The number of alkyl halides is 2. The number of nitrogens with two attached hydrogens (primary N) is 1. The molecule has 6 nitrogen and oxygen atoms in total. The van der Waals surface area contributed by atoms with Gasteiger partial charge in [-0.1, -0.05) is 19.3 Å². The molecule has 2 N–H and O–H groups in total.